The molecule has 0 atom stereocenters. The summed E-state index contributed by atoms with van der Waals surface area (Å²) in [7, 11) is 0. The Kier molecular flexibility index (Phi) is 8.59. The van der Waals surface area contributed by atoms with E-state index >= 15 is 0 Å². The second kappa shape index (κ2) is 12.6. The lowest BCUT2D eigenvalue weighted by Crippen LogP contribution is -2.28. The molecule has 0 bridgehead atoms. The van der Waals surface area contributed by atoms with Gasteiger partial charge in [0.2, 0.25) is 11.6 Å². The van der Waals surface area contributed by atoms with Crippen molar-refractivity contribution in [2.45, 2.75) is 12.8 Å². The van der Waals surface area contributed by atoms with Gasteiger partial charge in [-0.3, -0.25) is 19.2 Å². The van der Waals surface area contributed by atoms with Gasteiger partial charge in [0, 0.05) is 57.2 Å². The topological polar surface area (TPSA) is 92.3 Å². The third kappa shape index (κ3) is 6.25. The number of rotatable bonds is 8. The maximum absolute atomic E-state index is 12.3. The number of hydrogen-bond acceptors (Lipinski definition) is 8. The van der Waals surface area contributed by atoms with Crippen LogP contribution in [0.25, 0.3) is 0 Å². The van der Waals surface area contributed by atoms with Crippen molar-refractivity contribution in [3.05, 3.63) is 139 Å². The molecule has 0 unspecified atom stereocenters. The van der Waals surface area contributed by atoms with E-state index in [9.17, 15) is 19.2 Å². The van der Waals surface area contributed by atoms with Crippen molar-refractivity contribution < 1.29 is 19.2 Å². The first-order chi connectivity index (χ1) is 19.5. The van der Waals surface area contributed by atoms with E-state index in [2.05, 4.69) is 22.8 Å². The highest BCUT2D eigenvalue weighted by Crippen LogP contribution is 2.21. The van der Waals surface area contributed by atoms with Crippen LogP contribution in [0.5, 0.6) is 0 Å². The van der Waals surface area contributed by atoms with Crippen LogP contribution in [0.2, 0.25) is 0 Å². The Morgan fingerprint density at radius 3 is 1.27 bits per heavy atom. The molecule has 8 heteroatoms. The zero-order valence-electron chi connectivity index (χ0n) is 21.5. The molecule has 2 aromatic heterocycles. The molecule has 0 saturated carbocycles. The maximum atomic E-state index is 12.3. The highest BCUT2D eigenvalue weighted by molar-refractivity contribution is 7.10. The zero-order chi connectivity index (χ0) is 27.9. The Morgan fingerprint density at radius 1 is 0.500 bits per heavy atom. The largest absolute Gasteiger partial charge is 0.381 e. The molecule has 200 valence electrons. The van der Waals surface area contributed by atoms with Crippen molar-refractivity contribution in [3.8, 4) is 0 Å². The maximum Gasteiger partial charge on any atom is 0.209 e. The Labute approximate surface area is 240 Å². The number of benzene rings is 2. The quantitative estimate of drug-likeness (QED) is 0.285. The summed E-state index contributed by atoms with van der Waals surface area (Å²) >= 11 is 3.38. The highest BCUT2D eigenvalue weighted by atomic mass is 32.1. The van der Waals surface area contributed by atoms with Gasteiger partial charge in [-0.25, -0.2) is 0 Å². The summed E-state index contributed by atoms with van der Waals surface area (Å²) < 4.78 is 0. The summed E-state index contributed by atoms with van der Waals surface area (Å²) in [6.07, 6.45) is 4.49. The summed E-state index contributed by atoms with van der Waals surface area (Å²) in [4.78, 5) is 51.0. The number of allylic oxidation sites excluding steroid dienone is 4. The summed E-state index contributed by atoms with van der Waals surface area (Å²) in [6.45, 7) is 1.29. The molecule has 40 heavy (non-hydrogen) atoms. The van der Waals surface area contributed by atoms with Crippen molar-refractivity contribution in [2.75, 3.05) is 13.1 Å². The zero-order valence-corrected chi connectivity index (χ0v) is 23.1. The van der Waals surface area contributed by atoms with Crippen LogP contribution in [0.4, 0.5) is 0 Å². The van der Waals surface area contributed by atoms with E-state index in [0.717, 1.165) is 12.8 Å². The fourth-order valence-electron chi connectivity index (χ4n) is 4.44. The Morgan fingerprint density at radius 2 is 0.900 bits per heavy atom. The average molecular weight is 567 g/mol. The van der Waals surface area contributed by atoms with Crippen molar-refractivity contribution in [1.82, 2.24) is 10.6 Å². The predicted octanol–water partition coefficient (Wildman–Crippen LogP) is 5.69. The second-order valence-electron chi connectivity index (χ2n) is 9.11. The van der Waals surface area contributed by atoms with Crippen LogP contribution in [-0.4, -0.2) is 36.2 Å². The number of ketones is 4. The molecule has 2 aliphatic carbocycles. The number of carbonyl (C=O) groups excluding carboxylic acids is 4. The minimum atomic E-state index is -0.112. The van der Waals surface area contributed by atoms with Crippen LogP contribution in [0.3, 0.4) is 0 Å². The van der Waals surface area contributed by atoms with Crippen LogP contribution in [0, 0.1) is 0 Å². The van der Waals surface area contributed by atoms with E-state index in [1.54, 1.807) is 71.2 Å². The fourth-order valence-corrected chi connectivity index (χ4v) is 5.86. The molecule has 0 aliphatic heterocycles. The van der Waals surface area contributed by atoms with Gasteiger partial charge in [0.05, 0.1) is 11.4 Å². The molecule has 0 saturated heterocycles. The van der Waals surface area contributed by atoms with E-state index in [0.29, 0.717) is 46.7 Å². The lowest BCUT2D eigenvalue weighted by molar-refractivity contribution is 0.0978. The molecule has 0 radical (unpaired) electrons. The first kappa shape index (κ1) is 27.2. The molecule has 0 fully saturated rings. The van der Waals surface area contributed by atoms with E-state index < -0.39 is 0 Å². The molecule has 6 rings (SSSR count). The molecular formula is C32H26N2O4S2. The first-order valence-electron chi connectivity index (χ1n) is 12.8. The summed E-state index contributed by atoms with van der Waals surface area (Å²) in [5.74, 6) is -0.435. The average Bonchev–Trinajstić information content (AvgIpc) is 3.69. The lowest BCUT2D eigenvalue weighted by atomic mass is 9.93. The van der Waals surface area contributed by atoms with Gasteiger partial charge in [0.1, 0.15) is 0 Å². The van der Waals surface area contributed by atoms with Gasteiger partial charge in [-0.2, -0.15) is 0 Å². The van der Waals surface area contributed by atoms with E-state index in [4.69, 9.17) is 0 Å². The summed E-state index contributed by atoms with van der Waals surface area (Å²) in [5.41, 5.74) is 2.73. The molecule has 0 spiro atoms. The van der Waals surface area contributed by atoms with Gasteiger partial charge in [-0.1, -0.05) is 60.7 Å². The summed E-state index contributed by atoms with van der Waals surface area (Å²) in [5, 5.41) is 10.2. The van der Waals surface area contributed by atoms with Crippen LogP contribution >= 0.6 is 22.7 Å². The Balaban J connectivity index is 0.000000161. The van der Waals surface area contributed by atoms with Gasteiger partial charge in [0.15, 0.2) is 11.6 Å². The van der Waals surface area contributed by atoms with Crippen LogP contribution < -0.4 is 10.6 Å². The molecule has 2 N–H and O–H groups in total. The normalized spacial score (nSPS) is 13.9. The molecule has 2 heterocycles. The molecule has 2 aliphatic rings. The van der Waals surface area contributed by atoms with E-state index in [-0.39, 0.29) is 23.1 Å². The predicted molar refractivity (Wildman–Crippen MR) is 158 cm³/mol. The smallest absolute Gasteiger partial charge is 0.209 e. The van der Waals surface area contributed by atoms with Crippen molar-refractivity contribution in [2.24, 2.45) is 0 Å². The fraction of sp³-hybridized carbons (Fsp3) is 0.125. The van der Waals surface area contributed by atoms with Gasteiger partial charge in [0.25, 0.3) is 0 Å². The highest BCUT2D eigenvalue weighted by Gasteiger charge is 2.25. The standard InChI is InChI=1S/2C16H13NO2S/c2*18-15-10-14(17-8-7-11-4-3-9-20-11)16(19)13-6-2-1-5-12(13)15/h2*1-6,9-10,17H,7-8H2. The van der Waals surface area contributed by atoms with Crippen LogP contribution in [-0.2, 0) is 12.8 Å². The molecule has 4 aromatic rings. The Bertz CT molecular complexity index is 1490. The first-order valence-corrected chi connectivity index (χ1v) is 14.6. The van der Waals surface area contributed by atoms with E-state index in [1.807, 2.05) is 22.9 Å². The molecular weight excluding hydrogens is 540 g/mol. The number of carbonyl (C=O) groups is 4. The minimum absolute atomic E-state index is 0.105. The van der Waals surface area contributed by atoms with Crippen molar-refractivity contribution in [1.29, 1.82) is 0 Å². The van der Waals surface area contributed by atoms with Gasteiger partial charge < -0.3 is 10.6 Å². The van der Waals surface area contributed by atoms with Crippen molar-refractivity contribution >= 4 is 45.8 Å². The Hall–Kier alpha value is -4.40. The summed E-state index contributed by atoms with van der Waals surface area (Å²) in [6, 6.07) is 22.0. The van der Waals surface area contributed by atoms with Crippen LogP contribution in [0.1, 0.15) is 51.2 Å². The van der Waals surface area contributed by atoms with E-state index in [1.165, 1.54) is 21.9 Å². The van der Waals surface area contributed by atoms with Gasteiger partial charge in [-0.05, 0) is 35.7 Å². The third-order valence-electron chi connectivity index (χ3n) is 6.45. The number of nitrogens with one attached hydrogen (secondary N) is 2. The monoisotopic (exact) mass is 566 g/mol. The number of fused-ring (bicyclic) bond motifs is 2. The molecule has 6 nitrogen and oxygen atoms in total. The number of thiophene rings is 2. The minimum Gasteiger partial charge on any atom is -0.381 e. The van der Waals surface area contributed by atoms with Crippen molar-refractivity contribution in [3.63, 3.8) is 0 Å². The second-order valence-corrected chi connectivity index (χ2v) is 11.2. The number of Topliss-reactive ketones (excluding diaryl/α,β-unsaturated/α-hetero) is 2. The van der Waals surface area contributed by atoms with Gasteiger partial charge in [-0.15, -0.1) is 22.7 Å². The number of hydrogen-bond donors (Lipinski definition) is 2. The lowest BCUT2D eigenvalue weighted by Gasteiger charge is -2.16. The SMILES string of the molecule is O=C1C=C(NCCc2cccs2)C(=O)c2ccccc21.O=C1C=C(NCCc2cccs2)C(=O)c2ccccc21. The molecule has 0 amide bonds. The molecule has 2 aromatic carbocycles. The van der Waals surface area contributed by atoms with Crippen LogP contribution in [0.15, 0.2) is 107 Å². The van der Waals surface area contributed by atoms with Gasteiger partial charge >= 0.3 is 0 Å². The third-order valence-corrected chi connectivity index (χ3v) is 8.32.